The van der Waals surface area contributed by atoms with Crippen LogP contribution in [0.5, 0.6) is 0 Å². The fraction of sp³-hybridized carbons (Fsp3) is 1.00. The molecule has 2 nitrogen and oxygen atoms in total. The Balaban J connectivity index is 2.35. The quantitative estimate of drug-likeness (QED) is 0.729. The zero-order chi connectivity index (χ0) is 9.90. The van der Waals surface area contributed by atoms with Crippen molar-refractivity contribution in [2.75, 3.05) is 7.11 Å². The van der Waals surface area contributed by atoms with Gasteiger partial charge in [-0.1, -0.05) is 12.8 Å². The molecule has 0 heterocycles. The minimum absolute atomic E-state index is 0.0536. The lowest BCUT2D eigenvalue weighted by atomic mass is 9.89. The minimum atomic E-state index is -0.0536. The van der Waals surface area contributed by atoms with E-state index in [1.54, 1.807) is 7.11 Å². The monoisotopic (exact) mass is 185 g/mol. The molecule has 0 aromatic rings. The van der Waals surface area contributed by atoms with E-state index in [9.17, 15) is 0 Å². The summed E-state index contributed by atoms with van der Waals surface area (Å²) in [5.41, 5.74) is 6.11. The van der Waals surface area contributed by atoms with Crippen molar-refractivity contribution in [2.24, 2.45) is 11.7 Å². The van der Waals surface area contributed by atoms with Crippen molar-refractivity contribution in [1.82, 2.24) is 0 Å². The Morgan fingerprint density at radius 3 is 2.38 bits per heavy atom. The van der Waals surface area contributed by atoms with E-state index >= 15 is 0 Å². The van der Waals surface area contributed by atoms with Gasteiger partial charge in [-0.2, -0.15) is 0 Å². The molecule has 1 fully saturated rings. The van der Waals surface area contributed by atoms with Crippen LogP contribution in [-0.2, 0) is 4.74 Å². The van der Waals surface area contributed by atoms with Crippen LogP contribution >= 0.6 is 0 Å². The van der Waals surface area contributed by atoms with Crippen molar-refractivity contribution in [3.63, 3.8) is 0 Å². The second-order valence-corrected chi connectivity index (χ2v) is 4.88. The molecule has 1 rings (SSSR count). The molecule has 1 unspecified atom stereocenters. The molecule has 0 aromatic carbocycles. The molecule has 0 saturated heterocycles. The molecule has 78 valence electrons. The van der Waals surface area contributed by atoms with Crippen molar-refractivity contribution in [2.45, 2.75) is 57.6 Å². The first kappa shape index (κ1) is 11.0. The maximum Gasteiger partial charge on any atom is 0.0637 e. The average Bonchev–Trinajstić information content (AvgIpc) is 2.55. The molecule has 1 atom stereocenters. The third-order valence-electron chi connectivity index (χ3n) is 3.29. The molecule has 0 aliphatic heterocycles. The first-order valence-electron chi connectivity index (χ1n) is 5.36. The predicted octanol–water partition coefficient (Wildman–Crippen LogP) is 2.32. The van der Waals surface area contributed by atoms with Gasteiger partial charge in [-0.25, -0.2) is 0 Å². The summed E-state index contributed by atoms with van der Waals surface area (Å²) in [7, 11) is 1.77. The summed E-state index contributed by atoms with van der Waals surface area (Å²) >= 11 is 0. The highest BCUT2D eigenvalue weighted by Gasteiger charge is 2.27. The Morgan fingerprint density at radius 2 is 1.92 bits per heavy atom. The third-order valence-corrected chi connectivity index (χ3v) is 3.29. The summed E-state index contributed by atoms with van der Waals surface area (Å²) in [5.74, 6) is 0.745. The Hall–Kier alpha value is -0.0800. The van der Waals surface area contributed by atoms with Crippen LogP contribution in [0.25, 0.3) is 0 Å². The molecule has 13 heavy (non-hydrogen) atoms. The van der Waals surface area contributed by atoms with E-state index in [1.807, 2.05) is 0 Å². The van der Waals surface area contributed by atoms with E-state index in [-0.39, 0.29) is 5.60 Å². The second-order valence-electron chi connectivity index (χ2n) is 4.88. The van der Waals surface area contributed by atoms with Gasteiger partial charge in [0, 0.05) is 13.2 Å². The maximum atomic E-state index is 6.16. The highest BCUT2D eigenvalue weighted by Crippen LogP contribution is 2.30. The van der Waals surface area contributed by atoms with Crippen LogP contribution in [0.3, 0.4) is 0 Å². The van der Waals surface area contributed by atoms with Gasteiger partial charge in [-0.3, -0.25) is 0 Å². The maximum absolute atomic E-state index is 6.16. The van der Waals surface area contributed by atoms with Crippen molar-refractivity contribution in [1.29, 1.82) is 0 Å². The van der Waals surface area contributed by atoms with Crippen molar-refractivity contribution < 1.29 is 4.74 Å². The molecule has 1 aliphatic carbocycles. The van der Waals surface area contributed by atoms with E-state index in [0.717, 1.165) is 12.3 Å². The summed E-state index contributed by atoms with van der Waals surface area (Å²) in [5, 5.41) is 0. The van der Waals surface area contributed by atoms with Crippen molar-refractivity contribution in [3.8, 4) is 0 Å². The lowest BCUT2D eigenvalue weighted by Gasteiger charge is -2.29. The molecule has 1 aliphatic rings. The second kappa shape index (κ2) is 4.43. The van der Waals surface area contributed by atoms with Gasteiger partial charge in [0.05, 0.1) is 5.60 Å². The van der Waals surface area contributed by atoms with Gasteiger partial charge in [0.25, 0.3) is 0 Å². The molecular weight excluding hydrogens is 162 g/mol. The Morgan fingerprint density at radius 1 is 1.38 bits per heavy atom. The van der Waals surface area contributed by atoms with Crippen LogP contribution in [0.1, 0.15) is 46.0 Å². The van der Waals surface area contributed by atoms with Crippen LogP contribution in [0.2, 0.25) is 0 Å². The molecule has 2 N–H and O–H groups in total. The van der Waals surface area contributed by atoms with Gasteiger partial charge in [0.1, 0.15) is 0 Å². The number of methoxy groups -OCH3 is 1. The van der Waals surface area contributed by atoms with Crippen LogP contribution in [0.15, 0.2) is 0 Å². The molecule has 0 amide bonds. The number of ether oxygens (including phenoxy) is 1. The Bertz CT molecular complexity index is 150. The number of hydrogen-bond donors (Lipinski definition) is 1. The van der Waals surface area contributed by atoms with E-state index < -0.39 is 0 Å². The zero-order valence-electron chi connectivity index (χ0n) is 9.18. The fourth-order valence-corrected chi connectivity index (χ4v) is 2.20. The summed E-state index contributed by atoms with van der Waals surface area (Å²) in [4.78, 5) is 0. The van der Waals surface area contributed by atoms with Crippen LogP contribution in [0, 0.1) is 5.92 Å². The summed E-state index contributed by atoms with van der Waals surface area (Å²) < 4.78 is 5.39. The number of hydrogen-bond acceptors (Lipinski definition) is 2. The summed E-state index contributed by atoms with van der Waals surface area (Å²) in [6.45, 7) is 4.23. The van der Waals surface area contributed by atoms with Crippen molar-refractivity contribution in [3.05, 3.63) is 0 Å². The van der Waals surface area contributed by atoms with E-state index in [2.05, 4.69) is 13.8 Å². The lowest BCUT2D eigenvalue weighted by Crippen LogP contribution is -2.37. The largest absolute Gasteiger partial charge is 0.379 e. The van der Waals surface area contributed by atoms with Gasteiger partial charge < -0.3 is 10.5 Å². The van der Waals surface area contributed by atoms with E-state index in [4.69, 9.17) is 10.5 Å². The fourth-order valence-electron chi connectivity index (χ4n) is 2.20. The Kier molecular flexibility index (Phi) is 3.74. The van der Waals surface area contributed by atoms with Gasteiger partial charge in [-0.05, 0) is 39.0 Å². The topological polar surface area (TPSA) is 35.2 Å². The molecule has 0 aromatic heterocycles. The van der Waals surface area contributed by atoms with Crippen LogP contribution < -0.4 is 5.73 Å². The third kappa shape index (κ3) is 3.28. The minimum Gasteiger partial charge on any atom is -0.379 e. The summed E-state index contributed by atoms with van der Waals surface area (Å²) in [6, 6.07) is 0.331. The van der Waals surface area contributed by atoms with Crippen LogP contribution in [0.4, 0.5) is 0 Å². The zero-order valence-corrected chi connectivity index (χ0v) is 9.18. The molecule has 0 spiro atoms. The lowest BCUT2D eigenvalue weighted by molar-refractivity contribution is 0.00567. The number of rotatable bonds is 4. The molecule has 0 radical (unpaired) electrons. The van der Waals surface area contributed by atoms with E-state index in [0.29, 0.717) is 6.04 Å². The van der Waals surface area contributed by atoms with Gasteiger partial charge in [0.15, 0.2) is 0 Å². The SMILES string of the molecule is COC(C)(C)CC(N)C1CCCC1. The van der Waals surface area contributed by atoms with Crippen LogP contribution in [-0.4, -0.2) is 18.8 Å². The first-order valence-corrected chi connectivity index (χ1v) is 5.36. The first-order chi connectivity index (χ1) is 6.05. The summed E-state index contributed by atoms with van der Waals surface area (Å²) in [6.07, 6.45) is 6.35. The van der Waals surface area contributed by atoms with E-state index in [1.165, 1.54) is 25.7 Å². The predicted molar refractivity (Wildman–Crippen MR) is 55.6 cm³/mol. The Labute approximate surface area is 81.8 Å². The van der Waals surface area contributed by atoms with Gasteiger partial charge >= 0.3 is 0 Å². The average molecular weight is 185 g/mol. The number of nitrogens with two attached hydrogens (primary N) is 1. The van der Waals surface area contributed by atoms with Gasteiger partial charge in [-0.15, -0.1) is 0 Å². The van der Waals surface area contributed by atoms with Gasteiger partial charge in [0.2, 0.25) is 0 Å². The standard InChI is InChI=1S/C11H23NO/c1-11(2,13-3)8-10(12)9-6-4-5-7-9/h9-10H,4-8,12H2,1-3H3. The normalized spacial score (nSPS) is 22.2. The smallest absolute Gasteiger partial charge is 0.0637 e. The molecule has 0 bridgehead atoms. The molecule has 1 saturated carbocycles. The highest BCUT2D eigenvalue weighted by atomic mass is 16.5. The highest BCUT2D eigenvalue weighted by molar-refractivity contribution is 4.83. The molecule has 2 heteroatoms. The molecular formula is C11H23NO. The van der Waals surface area contributed by atoms with Crippen molar-refractivity contribution >= 4 is 0 Å².